The molecule has 5 nitrogen and oxygen atoms in total. The van der Waals surface area contributed by atoms with Crippen molar-refractivity contribution in [3.05, 3.63) is 16.5 Å². The summed E-state index contributed by atoms with van der Waals surface area (Å²) in [4.78, 5) is 25.5. The van der Waals surface area contributed by atoms with Gasteiger partial charge >= 0.3 is 12.1 Å². The predicted octanol–water partition coefficient (Wildman–Crippen LogP) is 8.29. The highest BCUT2D eigenvalue weighted by atomic mass is 32.1. The lowest BCUT2D eigenvalue weighted by Crippen LogP contribution is -2.26. The second-order valence-corrected chi connectivity index (χ2v) is 10.4. The Morgan fingerprint density at radius 1 is 1.00 bits per heavy atom. The second kappa shape index (κ2) is 13.8. The summed E-state index contributed by atoms with van der Waals surface area (Å²) in [5.74, 6) is -0.177. The number of rotatable bonds is 13. The van der Waals surface area contributed by atoms with E-state index >= 15 is 0 Å². The molecule has 0 saturated heterocycles. The molecule has 0 saturated carbocycles. The van der Waals surface area contributed by atoms with E-state index in [4.69, 9.17) is 9.47 Å². The number of ether oxygens (including phenoxy) is 2. The fourth-order valence-electron chi connectivity index (χ4n) is 3.44. The Morgan fingerprint density at radius 2 is 1.61 bits per heavy atom. The summed E-state index contributed by atoms with van der Waals surface area (Å²) in [5, 5.41) is 5.29. The fourth-order valence-corrected chi connectivity index (χ4v) is 4.50. The van der Waals surface area contributed by atoms with Gasteiger partial charge in [-0.25, -0.2) is 9.59 Å². The van der Waals surface area contributed by atoms with E-state index in [1.807, 2.05) is 33.1 Å². The van der Waals surface area contributed by atoms with Crippen LogP contribution in [0.25, 0.3) is 0 Å². The maximum absolute atomic E-state index is 13.0. The summed E-state index contributed by atoms with van der Waals surface area (Å²) in [6, 6.07) is 0. The first kappa shape index (κ1) is 27.5. The number of anilines is 1. The summed E-state index contributed by atoms with van der Waals surface area (Å²) in [7, 11) is 0. The zero-order valence-electron chi connectivity index (χ0n) is 20.6. The van der Waals surface area contributed by atoms with E-state index in [9.17, 15) is 9.59 Å². The van der Waals surface area contributed by atoms with E-state index in [1.54, 1.807) is 0 Å². The monoisotopic (exact) mass is 453 g/mol. The molecule has 0 aliphatic carbocycles. The van der Waals surface area contributed by atoms with Gasteiger partial charge in [-0.1, -0.05) is 59.3 Å². The van der Waals surface area contributed by atoms with Crippen molar-refractivity contribution in [1.29, 1.82) is 0 Å². The molecule has 1 amide bonds. The number of nitrogens with one attached hydrogen (secondary N) is 1. The summed E-state index contributed by atoms with van der Waals surface area (Å²) in [5.41, 5.74) is 0.807. The van der Waals surface area contributed by atoms with Gasteiger partial charge in [0.15, 0.2) is 0 Å². The van der Waals surface area contributed by atoms with Crippen LogP contribution >= 0.6 is 11.3 Å². The number of hydrogen-bond donors (Lipinski definition) is 1. The molecule has 1 heterocycles. The number of unbranched alkanes of at least 4 members (excludes halogenated alkanes) is 5. The molecule has 0 aliphatic heterocycles. The van der Waals surface area contributed by atoms with Crippen LogP contribution in [-0.4, -0.2) is 23.8 Å². The molecular weight excluding hydrogens is 410 g/mol. The van der Waals surface area contributed by atoms with Crippen molar-refractivity contribution in [3.8, 4) is 0 Å². The molecule has 1 rings (SSSR count). The van der Waals surface area contributed by atoms with Gasteiger partial charge in [0.25, 0.3) is 0 Å². The van der Waals surface area contributed by atoms with Gasteiger partial charge in [-0.3, -0.25) is 5.32 Å². The van der Waals surface area contributed by atoms with Gasteiger partial charge in [-0.05, 0) is 63.8 Å². The fraction of sp³-hybridized carbons (Fsp3) is 0.760. The SMILES string of the molecule is CCCCCCC(C)OC(=O)Nc1scc(C(C)CCCCC)c1C(=O)OC(C)(C)C. The van der Waals surface area contributed by atoms with Crippen molar-refractivity contribution in [1.82, 2.24) is 0 Å². The normalized spacial score (nSPS) is 13.5. The van der Waals surface area contributed by atoms with Crippen molar-refractivity contribution in [2.75, 3.05) is 5.32 Å². The second-order valence-electron chi connectivity index (χ2n) is 9.48. The first-order valence-corrected chi connectivity index (χ1v) is 12.8. The summed E-state index contributed by atoms with van der Waals surface area (Å²) in [6.45, 7) is 14.0. The Hall–Kier alpha value is -1.56. The topological polar surface area (TPSA) is 64.6 Å². The Bertz CT molecular complexity index is 678. The lowest BCUT2D eigenvalue weighted by Gasteiger charge is -2.21. The zero-order valence-corrected chi connectivity index (χ0v) is 21.5. The average molecular weight is 454 g/mol. The van der Waals surface area contributed by atoms with Crippen LogP contribution in [0.5, 0.6) is 0 Å². The van der Waals surface area contributed by atoms with Crippen molar-refractivity contribution in [2.24, 2.45) is 0 Å². The van der Waals surface area contributed by atoms with Gasteiger partial charge in [0, 0.05) is 0 Å². The molecule has 178 valence electrons. The summed E-state index contributed by atoms with van der Waals surface area (Å²) in [6.07, 6.45) is 9.19. The molecule has 0 fully saturated rings. The molecule has 1 aromatic heterocycles. The van der Waals surface area contributed by atoms with Gasteiger partial charge in [0.1, 0.15) is 16.7 Å². The van der Waals surface area contributed by atoms with E-state index in [0.29, 0.717) is 10.6 Å². The first-order valence-electron chi connectivity index (χ1n) is 11.9. The maximum atomic E-state index is 13.0. The summed E-state index contributed by atoms with van der Waals surface area (Å²) < 4.78 is 11.2. The largest absolute Gasteiger partial charge is 0.456 e. The number of thiophene rings is 1. The van der Waals surface area contributed by atoms with E-state index in [0.717, 1.165) is 44.1 Å². The van der Waals surface area contributed by atoms with Gasteiger partial charge in [-0.15, -0.1) is 11.3 Å². The summed E-state index contributed by atoms with van der Waals surface area (Å²) >= 11 is 1.37. The minimum Gasteiger partial charge on any atom is -0.456 e. The van der Waals surface area contributed by atoms with Crippen LogP contribution < -0.4 is 5.32 Å². The Labute approximate surface area is 193 Å². The van der Waals surface area contributed by atoms with Crippen molar-refractivity contribution >= 4 is 28.4 Å². The van der Waals surface area contributed by atoms with Gasteiger partial charge in [0.05, 0.1) is 5.56 Å². The standard InChI is InChI=1S/C25H43NO4S/c1-8-10-12-14-16-19(4)29-24(28)26-22-21(23(27)30-25(5,6)7)20(17-31-22)18(3)15-13-11-9-2/h17-19H,8-16H2,1-7H3,(H,26,28). The molecule has 2 unspecified atom stereocenters. The minimum absolute atomic E-state index is 0.158. The number of carbonyl (C=O) groups excluding carboxylic acids is 2. The molecule has 0 radical (unpaired) electrons. The first-order chi connectivity index (χ1) is 14.6. The number of amides is 1. The third-order valence-corrected chi connectivity index (χ3v) is 6.10. The molecule has 2 atom stereocenters. The number of carbonyl (C=O) groups is 2. The van der Waals surface area contributed by atoms with Gasteiger partial charge < -0.3 is 9.47 Å². The zero-order chi connectivity index (χ0) is 23.4. The highest BCUT2D eigenvalue weighted by molar-refractivity contribution is 7.15. The number of esters is 1. The molecule has 31 heavy (non-hydrogen) atoms. The van der Waals surface area contributed by atoms with Crippen LogP contribution in [0.1, 0.15) is 128 Å². The highest BCUT2D eigenvalue weighted by Gasteiger charge is 2.28. The lowest BCUT2D eigenvalue weighted by molar-refractivity contribution is 0.00696. The molecule has 1 N–H and O–H groups in total. The maximum Gasteiger partial charge on any atom is 0.412 e. The molecule has 0 aliphatic rings. The van der Waals surface area contributed by atoms with E-state index in [-0.39, 0.29) is 12.0 Å². The molecular formula is C25H43NO4S. The lowest BCUT2D eigenvalue weighted by atomic mass is 9.94. The van der Waals surface area contributed by atoms with E-state index < -0.39 is 17.7 Å². The number of hydrogen-bond acceptors (Lipinski definition) is 5. The highest BCUT2D eigenvalue weighted by Crippen LogP contribution is 2.36. The Morgan fingerprint density at radius 3 is 2.23 bits per heavy atom. The van der Waals surface area contributed by atoms with Crippen LogP contribution in [0.2, 0.25) is 0 Å². The Balaban J connectivity index is 2.90. The third kappa shape index (κ3) is 10.5. The van der Waals surface area contributed by atoms with Crippen molar-refractivity contribution in [2.45, 2.75) is 124 Å². The third-order valence-electron chi connectivity index (χ3n) is 5.18. The van der Waals surface area contributed by atoms with Crippen LogP contribution in [0.15, 0.2) is 5.38 Å². The quantitative estimate of drug-likeness (QED) is 0.241. The smallest absolute Gasteiger partial charge is 0.412 e. The predicted molar refractivity (Wildman–Crippen MR) is 130 cm³/mol. The van der Waals surface area contributed by atoms with Crippen LogP contribution in [0.4, 0.5) is 9.80 Å². The Kier molecular flexibility index (Phi) is 12.2. The molecule has 0 aromatic carbocycles. The van der Waals surface area contributed by atoms with Gasteiger partial charge in [0.2, 0.25) is 0 Å². The van der Waals surface area contributed by atoms with Crippen LogP contribution in [0.3, 0.4) is 0 Å². The average Bonchev–Trinajstić information content (AvgIpc) is 3.07. The van der Waals surface area contributed by atoms with E-state index in [2.05, 4.69) is 26.1 Å². The molecule has 6 heteroatoms. The molecule has 0 bridgehead atoms. The van der Waals surface area contributed by atoms with Crippen molar-refractivity contribution in [3.63, 3.8) is 0 Å². The van der Waals surface area contributed by atoms with Crippen molar-refractivity contribution < 1.29 is 19.1 Å². The van der Waals surface area contributed by atoms with Gasteiger partial charge in [-0.2, -0.15) is 0 Å². The van der Waals surface area contributed by atoms with Crippen LogP contribution in [0, 0.1) is 0 Å². The van der Waals surface area contributed by atoms with Crippen LogP contribution in [-0.2, 0) is 9.47 Å². The molecule has 0 spiro atoms. The molecule has 1 aromatic rings. The van der Waals surface area contributed by atoms with E-state index in [1.165, 1.54) is 30.6 Å². The minimum atomic E-state index is -0.605.